The topological polar surface area (TPSA) is 53.0 Å². The smallest absolute Gasteiger partial charge is 0.324 e. The van der Waals surface area contributed by atoms with Crippen LogP contribution in [0.25, 0.3) is 0 Å². The van der Waals surface area contributed by atoms with E-state index >= 15 is 0 Å². The third-order valence-electron chi connectivity index (χ3n) is 4.22. The molecule has 5 nitrogen and oxygen atoms in total. The molecule has 0 radical (unpaired) electrons. The van der Waals surface area contributed by atoms with Crippen LogP contribution in [-0.2, 0) is 9.53 Å². The average Bonchev–Trinajstić information content (AvgIpc) is 2.28. The SMILES string of the molecule is CC1CC(C(=O)O)(N2CCN(C)CC2)CC(C)O1. The van der Waals surface area contributed by atoms with Crippen molar-refractivity contribution in [2.24, 2.45) is 0 Å². The number of piperazine rings is 1. The molecule has 5 heteroatoms. The summed E-state index contributed by atoms with van der Waals surface area (Å²) in [5.74, 6) is -0.686. The molecule has 1 N–H and O–H groups in total. The predicted molar refractivity (Wildman–Crippen MR) is 68.7 cm³/mol. The Labute approximate surface area is 109 Å². The summed E-state index contributed by atoms with van der Waals surface area (Å²) in [7, 11) is 2.08. The van der Waals surface area contributed by atoms with Gasteiger partial charge in [0.1, 0.15) is 5.54 Å². The molecule has 0 aromatic heterocycles. The summed E-state index contributed by atoms with van der Waals surface area (Å²) >= 11 is 0. The molecule has 104 valence electrons. The number of rotatable bonds is 2. The number of carboxylic acid groups (broad SMARTS) is 1. The third kappa shape index (κ3) is 2.53. The van der Waals surface area contributed by atoms with E-state index in [4.69, 9.17) is 4.74 Å². The second kappa shape index (κ2) is 5.15. The number of ether oxygens (including phenoxy) is 1. The van der Waals surface area contributed by atoms with Crippen molar-refractivity contribution in [3.63, 3.8) is 0 Å². The van der Waals surface area contributed by atoms with Gasteiger partial charge in [-0.2, -0.15) is 0 Å². The molecule has 2 rings (SSSR count). The minimum Gasteiger partial charge on any atom is -0.480 e. The summed E-state index contributed by atoms with van der Waals surface area (Å²) in [4.78, 5) is 16.2. The first kappa shape index (κ1) is 13.8. The summed E-state index contributed by atoms with van der Waals surface area (Å²) in [5, 5.41) is 9.73. The molecule has 18 heavy (non-hydrogen) atoms. The maximum atomic E-state index is 11.8. The maximum absolute atomic E-state index is 11.8. The quantitative estimate of drug-likeness (QED) is 0.786. The van der Waals surface area contributed by atoms with Crippen molar-refractivity contribution < 1.29 is 14.6 Å². The Morgan fingerprint density at radius 1 is 1.17 bits per heavy atom. The van der Waals surface area contributed by atoms with Crippen LogP contribution in [0.5, 0.6) is 0 Å². The molecule has 0 saturated carbocycles. The Hall–Kier alpha value is -0.650. The van der Waals surface area contributed by atoms with E-state index in [1.54, 1.807) is 0 Å². The van der Waals surface area contributed by atoms with Crippen LogP contribution < -0.4 is 0 Å². The molecule has 2 atom stereocenters. The van der Waals surface area contributed by atoms with Crippen molar-refractivity contribution in [2.75, 3.05) is 33.2 Å². The predicted octanol–water partition coefficient (Wildman–Crippen LogP) is 0.645. The fourth-order valence-corrected chi connectivity index (χ4v) is 3.33. The van der Waals surface area contributed by atoms with Gasteiger partial charge in [0.15, 0.2) is 0 Å². The first-order chi connectivity index (χ1) is 8.44. The Morgan fingerprint density at radius 3 is 2.11 bits per heavy atom. The molecule has 0 bridgehead atoms. The molecule has 0 spiro atoms. The van der Waals surface area contributed by atoms with E-state index < -0.39 is 11.5 Å². The van der Waals surface area contributed by atoms with Crippen LogP contribution in [0.15, 0.2) is 0 Å². The Bertz CT molecular complexity index is 303. The summed E-state index contributed by atoms with van der Waals surface area (Å²) in [5.41, 5.74) is -0.724. The number of hydrogen-bond acceptors (Lipinski definition) is 4. The van der Waals surface area contributed by atoms with E-state index in [2.05, 4.69) is 16.8 Å². The molecule has 2 aliphatic heterocycles. The highest BCUT2D eigenvalue weighted by Gasteiger charge is 2.49. The standard InChI is InChI=1S/C13H24N2O3/c1-10-8-13(12(16)17,9-11(2)18-10)15-6-4-14(3)5-7-15/h10-11H,4-9H2,1-3H3,(H,16,17). The van der Waals surface area contributed by atoms with Crippen LogP contribution in [0.2, 0.25) is 0 Å². The van der Waals surface area contributed by atoms with E-state index in [-0.39, 0.29) is 12.2 Å². The van der Waals surface area contributed by atoms with Crippen molar-refractivity contribution in [3.05, 3.63) is 0 Å². The van der Waals surface area contributed by atoms with Gasteiger partial charge in [-0.15, -0.1) is 0 Å². The molecular weight excluding hydrogens is 232 g/mol. The second-order valence-corrected chi connectivity index (χ2v) is 5.79. The van der Waals surface area contributed by atoms with Crippen LogP contribution in [0, 0.1) is 0 Å². The first-order valence-corrected chi connectivity index (χ1v) is 6.76. The highest BCUT2D eigenvalue weighted by atomic mass is 16.5. The average molecular weight is 256 g/mol. The van der Waals surface area contributed by atoms with Gasteiger partial charge in [-0.3, -0.25) is 9.69 Å². The molecular formula is C13H24N2O3. The van der Waals surface area contributed by atoms with Crippen molar-refractivity contribution in [1.82, 2.24) is 9.80 Å². The zero-order valence-electron chi connectivity index (χ0n) is 11.6. The summed E-state index contributed by atoms with van der Waals surface area (Å²) in [6.07, 6.45) is 1.22. The van der Waals surface area contributed by atoms with E-state index in [9.17, 15) is 9.90 Å². The molecule has 2 fully saturated rings. The van der Waals surface area contributed by atoms with Gasteiger partial charge in [0, 0.05) is 39.0 Å². The van der Waals surface area contributed by atoms with Gasteiger partial charge in [-0.1, -0.05) is 0 Å². The van der Waals surface area contributed by atoms with Crippen LogP contribution in [-0.4, -0.2) is 71.8 Å². The minimum absolute atomic E-state index is 0.0181. The van der Waals surface area contributed by atoms with Crippen LogP contribution in [0.1, 0.15) is 26.7 Å². The summed E-state index contributed by atoms with van der Waals surface area (Å²) in [6.45, 7) is 7.51. The number of nitrogens with zero attached hydrogens (tertiary/aromatic N) is 2. The number of carboxylic acids is 1. The van der Waals surface area contributed by atoms with E-state index in [0.717, 1.165) is 26.2 Å². The molecule has 0 amide bonds. The monoisotopic (exact) mass is 256 g/mol. The fourth-order valence-electron chi connectivity index (χ4n) is 3.33. The number of likely N-dealkylation sites (N-methyl/N-ethyl adjacent to an activating group) is 1. The first-order valence-electron chi connectivity index (χ1n) is 6.76. The van der Waals surface area contributed by atoms with Gasteiger partial charge in [-0.05, 0) is 20.9 Å². The zero-order valence-corrected chi connectivity index (χ0v) is 11.6. The van der Waals surface area contributed by atoms with Crippen molar-refractivity contribution in [2.45, 2.75) is 44.4 Å². The Balaban J connectivity index is 2.18. The van der Waals surface area contributed by atoms with E-state index in [1.807, 2.05) is 13.8 Å². The van der Waals surface area contributed by atoms with Crippen molar-refractivity contribution in [1.29, 1.82) is 0 Å². The molecule has 0 aliphatic carbocycles. The lowest BCUT2D eigenvalue weighted by Crippen LogP contribution is -2.64. The van der Waals surface area contributed by atoms with E-state index in [0.29, 0.717) is 12.8 Å². The second-order valence-electron chi connectivity index (χ2n) is 5.79. The Kier molecular flexibility index (Phi) is 3.94. The van der Waals surface area contributed by atoms with Gasteiger partial charge in [0.2, 0.25) is 0 Å². The summed E-state index contributed by atoms with van der Waals surface area (Å²) in [6, 6.07) is 0. The Morgan fingerprint density at radius 2 is 1.67 bits per heavy atom. The highest BCUT2D eigenvalue weighted by molar-refractivity contribution is 5.79. The fraction of sp³-hybridized carbons (Fsp3) is 0.923. The zero-order chi connectivity index (χ0) is 13.3. The highest BCUT2D eigenvalue weighted by Crippen LogP contribution is 2.35. The summed E-state index contributed by atoms with van der Waals surface area (Å²) < 4.78 is 5.70. The van der Waals surface area contributed by atoms with Crippen molar-refractivity contribution >= 4 is 5.97 Å². The number of aliphatic carboxylic acids is 1. The lowest BCUT2D eigenvalue weighted by molar-refractivity contribution is -0.171. The molecule has 2 saturated heterocycles. The largest absolute Gasteiger partial charge is 0.480 e. The van der Waals surface area contributed by atoms with Gasteiger partial charge in [-0.25, -0.2) is 0 Å². The van der Waals surface area contributed by atoms with Gasteiger partial charge < -0.3 is 14.7 Å². The van der Waals surface area contributed by atoms with Crippen LogP contribution in [0.3, 0.4) is 0 Å². The lowest BCUT2D eigenvalue weighted by Gasteiger charge is -2.49. The lowest BCUT2D eigenvalue weighted by atomic mass is 9.82. The number of carbonyl (C=O) groups is 1. The van der Waals surface area contributed by atoms with Crippen LogP contribution in [0.4, 0.5) is 0 Å². The number of hydrogen-bond donors (Lipinski definition) is 1. The molecule has 2 unspecified atom stereocenters. The van der Waals surface area contributed by atoms with Crippen molar-refractivity contribution in [3.8, 4) is 0 Å². The molecule has 0 aromatic carbocycles. The van der Waals surface area contributed by atoms with Gasteiger partial charge >= 0.3 is 5.97 Å². The normalized spacial score (nSPS) is 39.7. The minimum atomic E-state index is -0.724. The molecule has 0 aromatic rings. The maximum Gasteiger partial charge on any atom is 0.324 e. The van der Waals surface area contributed by atoms with Gasteiger partial charge in [0.25, 0.3) is 0 Å². The molecule has 2 heterocycles. The van der Waals surface area contributed by atoms with E-state index in [1.165, 1.54) is 0 Å². The third-order valence-corrected chi connectivity index (χ3v) is 4.22. The van der Waals surface area contributed by atoms with Crippen LogP contribution >= 0.6 is 0 Å². The van der Waals surface area contributed by atoms with Gasteiger partial charge in [0.05, 0.1) is 12.2 Å². The molecule has 2 aliphatic rings.